The monoisotopic (exact) mass is 602 g/mol. The van der Waals surface area contributed by atoms with Gasteiger partial charge in [0.15, 0.2) is 5.78 Å². The summed E-state index contributed by atoms with van der Waals surface area (Å²) in [6.45, 7) is 5.26. The molecule has 0 aromatic heterocycles. The van der Waals surface area contributed by atoms with Crippen LogP contribution in [0.4, 0.5) is 0 Å². The summed E-state index contributed by atoms with van der Waals surface area (Å²) in [5.74, 6) is -3.34. The topological polar surface area (TPSA) is 113 Å². The molecule has 43 heavy (non-hydrogen) atoms. The highest BCUT2D eigenvalue weighted by molar-refractivity contribution is 7.80. The largest absolute Gasteiger partial charge is 0.508 e. The summed E-state index contributed by atoms with van der Waals surface area (Å²) in [4.78, 5) is 56.3. The maximum absolute atomic E-state index is 14.2. The van der Waals surface area contributed by atoms with E-state index in [1.54, 1.807) is 69.3 Å². The number of nitrogens with zero attached hydrogens (tertiary/aromatic N) is 1. The third-order valence-corrected chi connectivity index (χ3v) is 7.75. The molecule has 1 fully saturated rings. The quantitative estimate of drug-likeness (QED) is 0.131. The van der Waals surface area contributed by atoms with E-state index in [0.717, 1.165) is 5.56 Å². The third-order valence-electron chi connectivity index (χ3n) is 7.38. The standard InChI is InChI=1S/C34H38N2O6S/c1-34(2,3)42-33(41)26(20-22-12-6-4-7-13-22)35-31(39)28-19-18-27(24-16-10-11-17-29(24)37)36(28)32(40)25(21-43)30(38)23-14-8-5-9-15-23/h4-17,25-28,37,43H,18-21H2,1-3H3,(H,35,39)/t25-,26?,27?,28?/m0/s1. The molecule has 4 rings (SSSR count). The summed E-state index contributed by atoms with van der Waals surface area (Å²) in [7, 11) is 0. The number of para-hydroxylation sites is 1. The Morgan fingerprint density at radius 3 is 2.14 bits per heavy atom. The third kappa shape index (κ3) is 7.84. The summed E-state index contributed by atoms with van der Waals surface area (Å²) in [5.41, 5.74) is 0.888. The van der Waals surface area contributed by atoms with Gasteiger partial charge in [-0.15, -0.1) is 0 Å². The van der Waals surface area contributed by atoms with E-state index in [-0.39, 0.29) is 24.3 Å². The van der Waals surface area contributed by atoms with E-state index in [1.165, 1.54) is 11.0 Å². The lowest BCUT2D eigenvalue weighted by Gasteiger charge is -2.33. The molecule has 1 saturated heterocycles. The lowest BCUT2D eigenvalue weighted by Crippen LogP contribution is -2.54. The van der Waals surface area contributed by atoms with Gasteiger partial charge in [0.2, 0.25) is 11.8 Å². The van der Waals surface area contributed by atoms with Gasteiger partial charge >= 0.3 is 5.97 Å². The fourth-order valence-corrected chi connectivity index (χ4v) is 5.71. The van der Waals surface area contributed by atoms with E-state index in [0.29, 0.717) is 17.5 Å². The Kier molecular flexibility index (Phi) is 10.3. The zero-order valence-corrected chi connectivity index (χ0v) is 25.5. The van der Waals surface area contributed by atoms with Crippen molar-refractivity contribution in [1.82, 2.24) is 10.2 Å². The minimum atomic E-state index is -1.15. The fraction of sp³-hybridized carbons (Fsp3) is 0.353. The summed E-state index contributed by atoms with van der Waals surface area (Å²) >= 11 is 4.35. The average molecular weight is 603 g/mol. The second kappa shape index (κ2) is 13.9. The van der Waals surface area contributed by atoms with Crippen molar-refractivity contribution in [2.45, 2.75) is 63.8 Å². The number of likely N-dealkylation sites (tertiary alicyclic amines) is 1. The Balaban J connectivity index is 1.67. The van der Waals surface area contributed by atoms with Crippen LogP contribution >= 0.6 is 12.6 Å². The number of nitrogens with one attached hydrogen (secondary N) is 1. The number of rotatable bonds is 10. The van der Waals surface area contributed by atoms with Crippen molar-refractivity contribution >= 4 is 36.2 Å². The molecule has 226 valence electrons. The number of carbonyl (C=O) groups is 4. The minimum Gasteiger partial charge on any atom is -0.508 e. The molecule has 9 heteroatoms. The molecule has 3 aromatic rings. The molecule has 0 radical (unpaired) electrons. The summed E-state index contributed by atoms with van der Waals surface area (Å²) in [6.07, 6.45) is 0.828. The van der Waals surface area contributed by atoms with Crippen molar-refractivity contribution in [2.75, 3.05) is 5.75 Å². The highest BCUT2D eigenvalue weighted by Crippen LogP contribution is 2.41. The van der Waals surface area contributed by atoms with E-state index < -0.39 is 53.2 Å². The molecular formula is C34H38N2O6S. The Morgan fingerprint density at radius 1 is 0.930 bits per heavy atom. The van der Waals surface area contributed by atoms with E-state index in [9.17, 15) is 24.3 Å². The van der Waals surface area contributed by atoms with Gasteiger partial charge in [0, 0.05) is 23.3 Å². The number of phenols is 1. The zero-order chi connectivity index (χ0) is 31.1. The first-order chi connectivity index (χ1) is 20.5. The first-order valence-corrected chi connectivity index (χ1v) is 15.0. The molecule has 0 bridgehead atoms. The number of benzene rings is 3. The maximum atomic E-state index is 14.2. The molecule has 1 aliphatic heterocycles. The highest BCUT2D eigenvalue weighted by Gasteiger charge is 2.46. The van der Waals surface area contributed by atoms with Crippen molar-refractivity contribution in [2.24, 2.45) is 5.92 Å². The van der Waals surface area contributed by atoms with Crippen LogP contribution in [0.25, 0.3) is 0 Å². The first kappa shape index (κ1) is 31.8. The van der Waals surface area contributed by atoms with Gasteiger partial charge in [-0.25, -0.2) is 4.79 Å². The van der Waals surface area contributed by atoms with Crippen LogP contribution in [0.5, 0.6) is 5.75 Å². The predicted molar refractivity (Wildman–Crippen MR) is 167 cm³/mol. The second-order valence-corrected chi connectivity index (χ2v) is 12.0. The molecule has 3 unspecified atom stereocenters. The van der Waals surface area contributed by atoms with Gasteiger partial charge in [-0.1, -0.05) is 78.9 Å². The van der Waals surface area contributed by atoms with Crippen molar-refractivity contribution in [1.29, 1.82) is 0 Å². The van der Waals surface area contributed by atoms with E-state index >= 15 is 0 Å². The number of phenolic OH excluding ortho intramolecular Hbond substituents is 1. The number of hydrogen-bond acceptors (Lipinski definition) is 7. The van der Waals surface area contributed by atoms with Gasteiger partial charge < -0.3 is 20.1 Å². The Labute approximate surface area is 257 Å². The number of hydrogen-bond donors (Lipinski definition) is 3. The van der Waals surface area contributed by atoms with Gasteiger partial charge in [0.25, 0.3) is 0 Å². The zero-order valence-electron chi connectivity index (χ0n) is 24.6. The lowest BCUT2D eigenvalue weighted by atomic mass is 9.96. The highest BCUT2D eigenvalue weighted by atomic mass is 32.1. The number of amides is 2. The maximum Gasteiger partial charge on any atom is 0.329 e. The molecule has 3 aromatic carbocycles. The number of esters is 1. The van der Waals surface area contributed by atoms with Crippen LogP contribution in [0.15, 0.2) is 84.9 Å². The van der Waals surface area contributed by atoms with Crippen LogP contribution in [0, 0.1) is 5.92 Å². The number of aromatic hydroxyl groups is 1. The van der Waals surface area contributed by atoms with Crippen LogP contribution in [-0.2, 0) is 25.5 Å². The molecule has 0 aliphatic carbocycles. The Hall–Kier alpha value is -4.11. The van der Waals surface area contributed by atoms with E-state index in [4.69, 9.17) is 4.74 Å². The smallest absolute Gasteiger partial charge is 0.329 e. The fourth-order valence-electron chi connectivity index (χ4n) is 5.39. The number of carbonyl (C=O) groups excluding carboxylic acids is 4. The lowest BCUT2D eigenvalue weighted by molar-refractivity contribution is -0.159. The van der Waals surface area contributed by atoms with Gasteiger partial charge in [0.1, 0.15) is 29.4 Å². The van der Waals surface area contributed by atoms with E-state index in [1.807, 2.05) is 30.3 Å². The molecule has 1 aliphatic rings. The number of Topliss-reactive ketones (excluding diaryl/α,β-unsaturated/α-hetero) is 1. The van der Waals surface area contributed by atoms with Crippen LogP contribution in [0.2, 0.25) is 0 Å². The van der Waals surface area contributed by atoms with Crippen molar-refractivity contribution in [3.8, 4) is 5.75 Å². The first-order valence-electron chi connectivity index (χ1n) is 14.4. The summed E-state index contributed by atoms with van der Waals surface area (Å²) in [5, 5.41) is 13.5. The van der Waals surface area contributed by atoms with Gasteiger partial charge in [-0.3, -0.25) is 14.4 Å². The van der Waals surface area contributed by atoms with Crippen molar-refractivity contribution < 1.29 is 29.0 Å². The Morgan fingerprint density at radius 2 is 1.53 bits per heavy atom. The molecule has 4 atom stereocenters. The summed E-state index contributed by atoms with van der Waals surface area (Å²) < 4.78 is 5.63. The van der Waals surface area contributed by atoms with E-state index in [2.05, 4.69) is 17.9 Å². The Bertz CT molecular complexity index is 1440. The summed E-state index contributed by atoms with van der Waals surface area (Å²) in [6, 6.07) is 21.7. The molecule has 2 amide bonds. The normalized spacial score (nSPS) is 18.0. The van der Waals surface area contributed by atoms with Crippen LogP contribution < -0.4 is 5.32 Å². The second-order valence-electron chi connectivity index (χ2n) is 11.7. The molecule has 1 heterocycles. The van der Waals surface area contributed by atoms with Crippen LogP contribution in [0.1, 0.15) is 61.1 Å². The van der Waals surface area contributed by atoms with Crippen molar-refractivity contribution in [3.63, 3.8) is 0 Å². The van der Waals surface area contributed by atoms with Gasteiger partial charge in [-0.05, 0) is 45.2 Å². The number of ether oxygens (including phenoxy) is 1. The molecule has 0 saturated carbocycles. The van der Waals surface area contributed by atoms with Crippen LogP contribution in [0.3, 0.4) is 0 Å². The number of ketones is 1. The van der Waals surface area contributed by atoms with Gasteiger partial charge in [0.05, 0.1) is 6.04 Å². The average Bonchev–Trinajstić information content (AvgIpc) is 3.42. The molecule has 0 spiro atoms. The van der Waals surface area contributed by atoms with Gasteiger partial charge in [-0.2, -0.15) is 12.6 Å². The molecule has 2 N–H and O–H groups in total. The van der Waals surface area contributed by atoms with Crippen LogP contribution in [-0.4, -0.2) is 57.0 Å². The molecular weight excluding hydrogens is 564 g/mol. The predicted octanol–water partition coefficient (Wildman–Crippen LogP) is 4.92. The van der Waals surface area contributed by atoms with Crippen molar-refractivity contribution in [3.05, 3.63) is 102 Å². The SMILES string of the molecule is CC(C)(C)OC(=O)C(Cc1ccccc1)NC(=O)C1CCC(c2ccccc2O)N1C(=O)[C@@H](CS)C(=O)c1ccccc1. The minimum absolute atomic E-state index is 0.0149. The number of thiol groups is 1. The molecule has 8 nitrogen and oxygen atoms in total.